The lowest BCUT2D eigenvalue weighted by atomic mass is 10.0. The monoisotopic (exact) mass is 1230 g/mol. The number of imide groups is 1. The summed E-state index contributed by atoms with van der Waals surface area (Å²) in [6.07, 6.45) is 35.3. The molecular weight excluding hydrogens is 1110 g/mol. The Bertz CT molecular complexity index is 1610. The van der Waals surface area contributed by atoms with E-state index in [0.29, 0.717) is 117 Å². The molecule has 0 aromatic heterocycles. The van der Waals surface area contributed by atoms with Crippen LogP contribution in [0.15, 0.2) is 0 Å². The molecule has 2 amide bonds. The van der Waals surface area contributed by atoms with Crippen molar-refractivity contribution in [2.45, 2.75) is 256 Å². The summed E-state index contributed by atoms with van der Waals surface area (Å²) >= 11 is 2.57. The molecule has 1 heterocycles. The summed E-state index contributed by atoms with van der Waals surface area (Å²) in [6, 6.07) is -1.82. The van der Waals surface area contributed by atoms with Gasteiger partial charge >= 0.3 is 11.9 Å². The number of Topliss-reactive ketones (excluding diaryl/α,β-unsaturated/α-hetero) is 2. The standard InChI is InChI=1S/C64H120N4O14S2/c1-3-5-7-9-11-13-15-17-19-21-23-25-29-33-61(71)81-51-56(82-62(72)34-30-26-24-22-20-18-16-14-12-10-8-6-4-2)52-83-53-57(66)63(73)58(67)54-84-59-49-60(70)68(64(59)74)36-31-27-28-32-37-75-39-41-77-43-45-79-47-48-80-46-44-78-42-40-76-38-35-55(69)50-65/h56-59H,3-54,65-67H2,1-2H3. The Morgan fingerprint density at radius 1 is 0.476 bits per heavy atom. The molecule has 1 rings (SSSR count). The molecule has 0 radical (unpaired) electrons. The lowest BCUT2D eigenvalue weighted by Gasteiger charge is -2.20. The van der Waals surface area contributed by atoms with Crippen molar-refractivity contribution in [2.75, 3.05) is 116 Å². The normalized spacial score (nSPS) is 14.6. The molecule has 0 spiro atoms. The SMILES string of the molecule is CCCCCCCCCCCCCCCC(=O)OCC(CSCC(N)C(=O)C(N)CSC1CC(=O)N(CCCCCCOCCOCCOCCOCCOCCOCCC(=O)CN)C1=O)OC(=O)CCCCCCCCCCCCCCC. The van der Waals surface area contributed by atoms with Gasteiger partial charge in [0.1, 0.15) is 18.5 Å². The maximum Gasteiger partial charge on any atom is 0.306 e. The van der Waals surface area contributed by atoms with Gasteiger partial charge in [-0.3, -0.25) is 33.7 Å². The molecule has 4 unspecified atom stereocenters. The highest BCUT2D eigenvalue weighted by molar-refractivity contribution is 8.00. The predicted octanol–water partition coefficient (Wildman–Crippen LogP) is 10.8. The molecule has 0 aromatic carbocycles. The van der Waals surface area contributed by atoms with E-state index < -0.39 is 23.4 Å². The van der Waals surface area contributed by atoms with Crippen LogP contribution in [0.2, 0.25) is 0 Å². The molecule has 1 aliphatic rings. The van der Waals surface area contributed by atoms with Crippen molar-refractivity contribution in [2.24, 2.45) is 17.2 Å². The first-order chi connectivity index (χ1) is 41.0. The van der Waals surface area contributed by atoms with Crippen LogP contribution >= 0.6 is 23.5 Å². The number of esters is 2. The predicted molar refractivity (Wildman–Crippen MR) is 339 cm³/mol. The van der Waals surface area contributed by atoms with Crippen LogP contribution < -0.4 is 17.2 Å². The Kier molecular flexibility index (Phi) is 56.7. The van der Waals surface area contributed by atoms with Crippen LogP contribution in [-0.4, -0.2) is 180 Å². The molecule has 1 fully saturated rings. The van der Waals surface area contributed by atoms with Crippen molar-refractivity contribution in [3.63, 3.8) is 0 Å². The van der Waals surface area contributed by atoms with Crippen molar-refractivity contribution >= 4 is 58.8 Å². The zero-order chi connectivity index (χ0) is 61.2. The number of hydrogen-bond donors (Lipinski definition) is 3. The minimum atomic E-state index is -0.926. The minimum Gasteiger partial charge on any atom is -0.462 e. The van der Waals surface area contributed by atoms with Gasteiger partial charge in [-0.2, -0.15) is 11.8 Å². The van der Waals surface area contributed by atoms with Gasteiger partial charge in [-0.1, -0.05) is 181 Å². The van der Waals surface area contributed by atoms with Gasteiger partial charge in [0.2, 0.25) is 11.8 Å². The Hall–Kier alpha value is -2.24. The van der Waals surface area contributed by atoms with Crippen LogP contribution in [-0.2, 0) is 66.7 Å². The summed E-state index contributed by atoms with van der Waals surface area (Å²) in [7, 11) is 0. The van der Waals surface area contributed by atoms with Crippen LogP contribution in [0, 0.1) is 0 Å². The molecule has 18 nitrogen and oxygen atoms in total. The van der Waals surface area contributed by atoms with Crippen molar-refractivity contribution in [3.8, 4) is 0 Å². The van der Waals surface area contributed by atoms with Crippen LogP contribution in [0.3, 0.4) is 0 Å². The maximum absolute atomic E-state index is 13.3. The Morgan fingerprint density at radius 2 is 0.869 bits per heavy atom. The Morgan fingerprint density at radius 3 is 1.33 bits per heavy atom. The van der Waals surface area contributed by atoms with Crippen molar-refractivity contribution in [1.82, 2.24) is 4.90 Å². The minimum absolute atomic E-state index is 0.0229. The number of likely N-dealkylation sites (tertiary alicyclic amines) is 1. The van der Waals surface area contributed by atoms with E-state index in [1.165, 1.54) is 157 Å². The van der Waals surface area contributed by atoms with E-state index in [1.54, 1.807) is 0 Å². The second kappa shape index (κ2) is 59.7. The average Bonchev–Trinajstić information content (AvgIpc) is 3.96. The molecule has 1 aliphatic heterocycles. The maximum atomic E-state index is 13.3. The molecule has 20 heteroatoms. The van der Waals surface area contributed by atoms with Gasteiger partial charge in [-0.05, 0) is 25.7 Å². The van der Waals surface area contributed by atoms with E-state index in [0.717, 1.165) is 57.8 Å². The van der Waals surface area contributed by atoms with Crippen LogP contribution in [0.1, 0.15) is 232 Å². The van der Waals surface area contributed by atoms with Crippen molar-refractivity contribution < 1.29 is 66.7 Å². The molecule has 84 heavy (non-hydrogen) atoms. The number of nitrogens with two attached hydrogens (primary N) is 3. The summed E-state index contributed by atoms with van der Waals surface area (Å²) in [6.45, 7) is 10.3. The van der Waals surface area contributed by atoms with Crippen LogP contribution in [0.4, 0.5) is 0 Å². The van der Waals surface area contributed by atoms with Gasteiger partial charge in [-0.15, -0.1) is 11.8 Å². The summed E-state index contributed by atoms with van der Waals surface area (Å²) in [5.41, 5.74) is 17.9. The third-order valence-corrected chi connectivity index (χ3v) is 17.3. The third kappa shape index (κ3) is 48.7. The van der Waals surface area contributed by atoms with Gasteiger partial charge in [0.25, 0.3) is 0 Å². The number of rotatable bonds is 66. The summed E-state index contributed by atoms with van der Waals surface area (Å²) in [4.78, 5) is 77.6. The fourth-order valence-corrected chi connectivity index (χ4v) is 11.6. The first-order valence-corrected chi connectivity index (χ1v) is 35.4. The average molecular weight is 1230 g/mol. The van der Waals surface area contributed by atoms with E-state index in [4.69, 9.17) is 55.1 Å². The number of nitrogens with zero attached hydrogens (tertiary/aromatic N) is 1. The zero-order valence-electron chi connectivity index (χ0n) is 52.8. The summed E-state index contributed by atoms with van der Waals surface area (Å²) in [5.74, 6) is -0.775. The molecule has 0 saturated carbocycles. The second-order valence-corrected chi connectivity index (χ2v) is 24.7. The molecular formula is C64H120N4O14S2. The molecule has 1 saturated heterocycles. The van der Waals surface area contributed by atoms with Crippen molar-refractivity contribution in [1.29, 1.82) is 0 Å². The van der Waals surface area contributed by atoms with Gasteiger partial charge in [0.05, 0.1) is 96.6 Å². The van der Waals surface area contributed by atoms with Gasteiger partial charge in [0, 0.05) is 56.1 Å². The number of thioether (sulfide) groups is 2. The summed E-state index contributed by atoms with van der Waals surface area (Å²) in [5, 5.41) is -0.595. The highest BCUT2D eigenvalue weighted by Gasteiger charge is 2.39. The first kappa shape index (κ1) is 79.8. The van der Waals surface area contributed by atoms with E-state index >= 15 is 0 Å². The smallest absolute Gasteiger partial charge is 0.306 e. The number of hydrogen-bond acceptors (Lipinski definition) is 19. The largest absolute Gasteiger partial charge is 0.462 e. The van der Waals surface area contributed by atoms with Crippen LogP contribution in [0.5, 0.6) is 0 Å². The van der Waals surface area contributed by atoms with E-state index in [1.807, 2.05) is 0 Å². The molecule has 492 valence electrons. The van der Waals surface area contributed by atoms with Crippen LogP contribution in [0.25, 0.3) is 0 Å². The van der Waals surface area contributed by atoms with Gasteiger partial charge in [-0.25, -0.2) is 0 Å². The topological polar surface area (TPSA) is 258 Å². The molecule has 0 aromatic rings. The third-order valence-electron chi connectivity index (χ3n) is 14.7. The zero-order valence-corrected chi connectivity index (χ0v) is 54.4. The first-order valence-electron chi connectivity index (χ1n) is 33.2. The second-order valence-electron chi connectivity index (χ2n) is 22.4. The fourth-order valence-electron chi connectivity index (χ4n) is 9.51. The van der Waals surface area contributed by atoms with Gasteiger partial charge in [0.15, 0.2) is 5.78 Å². The lowest BCUT2D eigenvalue weighted by Crippen LogP contribution is -2.46. The number of ether oxygens (including phenoxy) is 8. The number of ketones is 2. The Balaban J connectivity index is 2.31. The van der Waals surface area contributed by atoms with Gasteiger partial charge < -0.3 is 55.1 Å². The van der Waals surface area contributed by atoms with E-state index in [9.17, 15) is 28.8 Å². The van der Waals surface area contributed by atoms with Crippen molar-refractivity contribution in [3.05, 3.63) is 0 Å². The number of unbranched alkanes of at least 4 members (excludes halogenated alkanes) is 27. The highest BCUT2D eigenvalue weighted by atomic mass is 32.2. The quantitative estimate of drug-likeness (QED) is 0.0290. The number of carbonyl (C=O) groups excluding carboxylic acids is 6. The van der Waals surface area contributed by atoms with E-state index in [2.05, 4.69) is 13.8 Å². The molecule has 0 aliphatic carbocycles. The lowest BCUT2D eigenvalue weighted by molar-refractivity contribution is -0.157. The number of amides is 2. The fraction of sp³-hybridized carbons (Fsp3) is 0.906. The highest BCUT2D eigenvalue weighted by Crippen LogP contribution is 2.27. The summed E-state index contributed by atoms with van der Waals surface area (Å²) < 4.78 is 44.4. The van der Waals surface area contributed by atoms with E-state index in [-0.39, 0.29) is 66.4 Å². The Labute approximate surface area is 517 Å². The molecule has 0 bridgehead atoms. The molecule has 6 N–H and O–H groups in total. The number of carbonyl (C=O) groups is 6. The molecule has 4 atom stereocenters.